The zero-order valence-electron chi connectivity index (χ0n) is 7.47. The second-order valence-electron chi connectivity index (χ2n) is 3.12. The molecule has 1 N–H and O–H groups in total. The lowest BCUT2D eigenvalue weighted by Crippen LogP contribution is -1.84. The van der Waals surface area contributed by atoms with E-state index in [2.05, 4.69) is 23.2 Å². The Morgan fingerprint density at radius 1 is 1.46 bits per heavy atom. The van der Waals surface area contributed by atoms with E-state index in [1.807, 2.05) is 6.07 Å². The zero-order chi connectivity index (χ0) is 9.26. The maximum absolute atomic E-state index is 6.20. The van der Waals surface area contributed by atoms with Crippen LogP contribution in [0, 0.1) is 0 Å². The summed E-state index contributed by atoms with van der Waals surface area (Å²) in [4.78, 5) is 0. The van der Waals surface area contributed by atoms with Crippen LogP contribution in [0.3, 0.4) is 0 Å². The van der Waals surface area contributed by atoms with E-state index in [0.29, 0.717) is 0 Å². The lowest BCUT2D eigenvalue weighted by molar-refractivity contribution is 0.924. The molecule has 68 valence electrons. The van der Waals surface area contributed by atoms with Gasteiger partial charge in [-0.25, -0.2) is 0 Å². The molecule has 3 heteroatoms. The van der Waals surface area contributed by atoms with Crippen LogP contribution in [0.25, 0.3) is 10.9 Å². The van der Waals surface area contributed by atoms with E-state index >= 15 is 0 Å². The van der Waals surface area contributed by atoms with Gasteiger partial charge in [-0.05, 0) is 18.1 Å². The number of rotatable bonds is 2. The van der Waals surface area contributed by atoms with Gasteiger partial charge in [0.05, 0.1) is 16.7 Å². The molecule has 0 aliphatic rings. The molecule has 0 aliphatic carbocycles. The third-order valence-electron chi connectivity index (χ3n) is 2.16. The molecule has 0 unspecified atom stereocenters. The second-order valence-corrected chi connectivity index (χ2v) is 3.50. The van der Waals surface area contributed by atoms with E-state index in [1.54, 1.807) is 6.20 Å². The van der Waals surface area contributed by atoms with Crippen LogP contribution in [0.2, 0.25) is 5.02 Å². The second kappa shape index (κ2) is 3.38. The SMILES string of the molecule is CCCc1ccc2[nH]ncc2c1Cl. The number of aromatic nitrogens is 2. The van der Waals surface area contributed by atoms with E-state index in [-0.39, 0.29) is 0 Å². The highest BCUT2D eigenvalue weighted by Gasteiger charge is 2.05. The van der Waals surface area contributed by atoms with Gasteiger partial charge in [-0.15, -0.1) is 0 Å². The number of halogens is 1. The quantitative estimate of drug-likeness (QED) is 0.782. The van der Waals surface area contributed by atoms with E-state index in [4.69, 9.17) is 11.6 Å². The number of aromatic amines is 1. The third kappa shape index (κ3) is 1.42. The summed E-state index contributed by atoms with van der Waals surface area (Å²) in [7, 11) is 0. The maximum Gasteiger partial charge on any atom is 0.0665 e. The van der Waals surface area contributed by atoms with Crippen molar-refractivity contribution in [1.82, 2.24) is 10.2 Å². The van der Waals surface area contributed by atoms with Crippen molar-refractivity contribution in [2.75, 3.05) is 0 Å². The molecule has 1 heterocycles. The van der Waals surface area contributed by atoms with E-state index in [1.165, 1.54) is 5.56 Å². The van der Waals surface area contributed by atoms with E-state index in [0.717, 1.165) is 28.8 Å². The average Bonchev–Trinajstić information content (AvgIpc) is 2.58. The van der Waals surface area contributed by atoms with Gasteiger partial charge in [0.25, 0.3) is 0 Å². The molecule has 2 aromatic rings. The van der Waals surface area contributed by atoms with Gasteiger partial charge in [0.2, 0.25) is 0 Å². The Bertz CT molecular complexity index is 420. The fourth-order valence-electron chi connectivity index (χ4n) is 1.49. The van der Waals surface area contributed by atoms with Gasteiger partial charge in [-0.1, -0.05) is 31.0 Å². The molecule has 0 spiro atoms. The summed E-state index contributed by atoms with van der Waals surface area (Å²) in [5, 5.41) is 8.71. The van der Waals surface area contributed by atoms with Gasteiger partial charge in [0.15, 0.2) is 0 Å². The Labute approximate surface area is 81.9 Å². The first kappa shape index (κ1) is 8.57. The maximum atomic E-state index is 6.20. The molecule has 0 amide bonds. The van der Waals surface area contributed by atoms with Crippen LogP contribution in [-0.4, -0.2) is 10.2 Å². The molecule has 0 radical (unpaired) electrons. The lowest BCUT2D eigenvalue weighted by atomic mass is 10.1. The zero-order valence-corrected chi connectivity index (χ0v) is 8.23. The Morgan fingerprint density at radius 2 is 2.31 bits per heavy atom. The summed E-state index contributed by atoms with van der Waals surface area (Å²) >= 11 is 6.20. The summed E-state index contributed by atoms with van der Waals surface area (Å²) < 4.78 is 0. The van der Waals surface area contributed by atoms with Gasteiger partial charge < -0.3 is 0 Å². The average molecular weight is 195 g/mol. The molecule has 0 aliphatic heterocycles. The summed E-state index contributed by atoms with van der Waals surface area (Å²) in [6.07, 6.45) is 3.92. The minimum absolute atomic E-state index is 0.841. The first-order chi connectivity index (χ1) is 6.33. The smallest absolute Gasteiger partial charge is 0.0665 e. The molecule has 0 fully saturated rings. The fourth-order valence-corrected chi connectivity index (χ4v) is 1.80. The monoisotopic (exact) mass is 194 g/mol. The van der Waals surface area contributed by atoms with Crippen LogP contribution >= 0.6 is 11.6 Å². The highest BCUT2D eigenvalue weighted by molar-refractivity contribution is 6.36. The minimum atomic E-state index is 0.841. The van der Waals surface area contributed by atoms with Crippen molar-refractivity contribution >= 4 is 22.5 Å². The molecule has 0 saturated heterocycles. The number of hydrogen-bond acceptors (Lipinski definition) is 1. The largest absolute Gasteiger partial charge is 0.278 e. The highest BCUT2D eigenvalue weighted by Crippen LogP contribution is 2.26. The number of nitrogens with one attached hydrogen (secondary N) is 1. The normalized spacial score (nSPS) is 10.9. The molecule has 2 nitrogen and oxygen atoms in total. The lowest BCUT2D eigenvalue weighted by Gasteiger charge is -2.02. The first-order valence-corrected chi connectivity index (χ1v) is 4.81. The molecule has 1 aromatic carbocycles. The van der Waals surface area contributed by atoms with Crippen LogP contribution in [0.15, 0.2) is 18.3 Å². The molecule has 0 atom stereocenters. The molecule has 1 aromatic heterocycles. The Morgan fingerprint density at radius 3 is 3.08 bits per heavy atom. The van der Waals surface area contributed by atoms with Crippen LogP contribution in [0.4, 0.5) is 0 Å². The van der Waals surface area contributed by atoms with Crippen molar-refractivity contribution in [3.63, 3.8) is 0 Å². The molecule has 2 rings (SSSR count). The van der Waals surface area contributed by atoms with Crippen LogP contribution in [-0.2, 0) is 6.42 Å². The fraction of sp³-hybridized carbons (Fsp3) is 0.300. The van der Waals surface area contributed by atoms with Crippen molar-refractivity contribution in [1.29, 1.82) is 0 Å². The Balaban J connectivity index is 2.59. The standard InChI is InChI=1S/C10H11ClN2/c1-2-3-7-4-5-9-8(10(7)11)6-12-13-9/h4-6H,2-3H2,1H3,(H,12,13). The molecular weight excluding hydrogens is 184 g/mol. The van der Waals surface area contributed by atoms with Crippen molar-refractivity contribution in [3.05, 3.63) is 28.9 Å². The number of nitrogens with zero attached hydrogens (tertiary/aromatic N) is 1. The Kier molecular flexibility index (Phi) is 2.23. The predicted octanol–water partition coefficient (Wildman–Crippen LogP) is 3.17. The van der Waals surface area contributed by atoms with Crippen LogP contribution < -0.4 is 0 Å². The number of H-pyrrole nitrogens is 1. The number of hydrogen-bond donors (Lipinski definition) is 1. The van der Waals surface area contributed by atoms with Gasteiger partial charge in [-0.3, -0.25) is 5.10 Å². The first-order valence-electron chi connectivity index (χ1n) is 4.43. The van der Waals surface area contributed by atoms with Crippen molar-refractivity contribution < 1.29 is 0 Å². The van der Waals surface area contributed by atoms with Crippen LogP contribution in [0.5, 0.6) is 0 Å². The highest BCUT2D eigenvalue weighted by atomic mass is 35.5. The number of aryl methyl sites for hydroxylation is 1. The van der Waals surface area contributed by atoms with Gasteiger partial charge in [0.1, 0.15) is 0 Å². The van der Waals surface area contributed by atoms with E-state index in [9.17, 15) is 0 Å². The number of fused-ring (bicyclic) bond motifs is 1. The molecular formula is C10H11ClN2. The Hall–Kier alpha value is -1.02. The number of benzene rings is 1. The molecule has 0 saturated carbocycles. The third-order valence-corrected chi connectivity index (χ3v) is 2.60. The van der Waals surface area contributed by atoms with Crippen LogP contribution in [0.1, 0.15) is 18.9 Å². The minimum Gasteiger partial charge on any atom is -0.278 e. The van der Waals surface area contributed by atoms with Crippen molar-refractivity contribution in [2.24, 2.45) is 0 Å². The van der Waals surface area contributed by atoms with Crippen molar-refractivity contribution in [3.8, 4) is 0 Å². The summed E-state index contributed by atoms with van der Waals surface area (Å²) in [6.45, 7) is 2.15. The predicted molar refractivity (Wildman–Crippen MR) is 55.1 cm³/mol. The summed E-state index contributed by atoms with van der Waals surface area (Å²) in [6, 6.07) is 4.09. The molecule has 13 heavy (non-hydrogen) atoms. The van der Waals surface area contributed by atoms with E-state index < -0.39 is 0 Å². The van der Waals surface area contributed by atoms with Gasteiger partial charge >= 0.3 is 0 Å². The molecule has 0 bridgehead atoms. The van der Waals surface area contributed by atoms with Gasteiger partial charge in [0, 0.05) is 5.39 Å². The van der Waals surface area contributed by atoms with Crippen molar-refractivity contribution in [2.45, 2.75) is 19.8 Å². The summed E-state index contributed by atoms with van der Waals surface area (Å²) in [5.41, 5.74) is 2.21. The summed E-state index contributed by atoms with van der Waals surface area (Å²) in [5.74, 6) is 0. The van der Waals surface area contributed by atoms with Gasteiger partial charge in [-0.2, -0.15) is 5.10 Å². The topological polar surface area (TPSA) is 28.7 Å².